The van der Waals surface area contributed by atoms with Gasteiger partial charge in [-0.15, -0.1) is 0 Å². The van der Waals surface area contributed by atoms with Crippen LogP contribution in [-0.2, 0) is 0 Å². The third kappa shape index (κ3) is 48500. The largest absolute Gasteiger partial charge is 1.00 e. The normalized spacial score (nSPS) is 11.4. The molecule has 0 bridgehead atoms. The summed E-state index contributed by atoms with van der Waals surface area (Å²) in [6.07, 6.45) is 0. The first-order valence-electron chi connectivity index (χ1n) is 13.3. The summed E-state index contributed by atoms with van der Waals surface area (Å²) in [4.78, 5) is 445. The molecule has 56 N–H and O–H groups in total. The Morgan fingerprint density at radius 1 is 0.101 bits per heavy atom. The van der Waals surface area contributed by atoms with Crippen LogP contribution in [0.5, 0.6) is 0 Å². The van der Waals surface area contributed by atoms with Crippen LogP contribution in [0.1, 0.15) is 0 Å². The van der Waals surface area contributed by atoms with E-state index in [1.807, 2.05) is 0 Å². The van der Waals surface area contributed by atoms with Crippen LogP contribution in [0.25, 0.3) is 0 Å². The molecule has 0 atom stereocenters. The first-order valence-corrected chi connectivity index (χ1v) is 40.0. The monoisotopic (exact) mass is 1460 g/mol. The van der Waals surface area contributed by atoms with Crippen molar-refractivity contribution in [2.45, 2.75) is 0 Å². The van der Waals surface area contributed by atoms with Gasteiger partial charge in [0.05, 0.1) is 0 Å². The quantitative estimate of drug-likeness (QED) is 0.100. The molecule has 0 aromatic rings. The van der Waals surface area contributed by atoms with Crippen LogP contribution in [0, 0.1) is 0 Å². The fraction of sp³-hybridized carbons (Fsp3) is 0. The van der Waals surface area contributed by atoms with E-state index < -0.39 is 136 Å². The molecular formula is H56Li4O60Si15. The molecule has 480 valence electrons. The Bertz CT molecular complexity index is 661. The zero-order valence-corrected chi connectivity index (χ0v) is 53.2. The molecule has 0 saturated carbocycles. The molecular weight excluding hydrogens is 1410 g/mol. The Morgan fingerprint density at radius 2 is 0.101 bits per heavy atom. The summed E-state index contributed by atoms with van der Waals surface area (Å²) in [5, 5.41) is 0. The maximum Gasteiger partial charge on any atom is 1.00 e. The summed E-state index contributed by atoms with van der Waals surface area (Å²) in [7, 11) is -70.2. The Morgan fingerprint density at radius 3 is 0.101 bits per heavy atom. The van der Waals surface area contributed by atoms with E-state index in [0.29, 0.717) is 0 Å². The van der Waals surface area contributed by atoms with Crippen LogP contribution in [0.15, 0.2) is 0 Å². The van der Waals surface area contributed by atoms with Crippen molar-refractivity contribution in [1.29, 1.82) is 0 Å². The van der Waals surface area contributed by atoms with Gasteiger partial charge in [0.2, 0.25) is 0 Å². The molecule has 0 unspecified atom stereocenters. The molecule has 0 rings (SSSR count). The maximum absolute atomic E-state index is 8.58. The molecule has 0 aliphatic rings. The van der Waals surface area contributed by atoms with Crippen molar-refractivity contribution in [2.75, 3.05) is 0 Å². The van der Waals surface area contributed by atoms with E-state index in [2.05, 4.69) is 0 Å². The number of hydrogen-bond acceptors (Lipinski definition) is 60. The average molecular weight is 1470 g/mol. The molecule has 0 saturated heterocycles. The zero-order valence-electron chi connectivity index (χ0n) is 38.2. The zero-order chi connectivity index (χ0) is 67.5. The minimum atomic E-state index is -5.61. The van der Waals surface area contributed by atoms with E-state index in [-0.39, 0.29) is 75.4 Å². The van der Waals surface area contributed by atoms with E-state index in [1.54, 1.807) is 0 Å². The van der Waals surface area contributed by atoms with Crippen molar-refractivity contribution in [1.82, 2.24) is 0 Å². The standard InChI is InChI=1S/4Li.14H4O4Si.O4Si/c;;;;15*1-5(2,3)4/h;;;;14*1-4H;/q4*+1;;;;;;;;;;;;;;;-4. The van der Waals surface area contributed by atoms with Crippen molar-refractivity contribution in [3.05, 3.63) is 0 Å². The molecule has 79 heteroatoms. The smallest absolute Gasteiger partial charge is 0.894 e. The van der Waals surface area contributed by atoms with E-state index in [0.717, 1.165) is 0 Å². The van der Waals surface area contributed by atoms with Crippen molar-refractivity contribution in [3.8, 4) is 0 Å². The molecule has 0 heterocycles. The minimum Gasteiger partial charge on any atom is -0.894 e. The molecule has 79 heavy (non-hydrogen) atoms. The van der Waals surface area contributed by atoms with Crippen LogP contribution in [-0.4, -0.2) is 404 Å². The van der Waals surface area contributed by atoms with Gasteiger partial charge in [0.15, 0.2) is 0 Å². The second-order valence-electron chi connectivity index (χ2n) is 8.90. The van der Waals surface area contributed by atoms with Gasteiger partial charge in [0.25, 0.3) is 0 Å². The summed E-state index contributed by atoms with van der Waals surface area (Å²) in [6, 6.07) is 0. The molecule has 0 aromatic carbocycles. The topological polar surface area (TPSA) is 1230 Å². The maximum atomic E-state index is 8.58. The van der Waals surface area contributed by atoms with Gasteiger partial charge >= 0.3 is 202 Å². The Labute approximate surface area is 495 Å². The predicted molar refractivity (Wildman–Crippen MR) is 211 cm³/mol. The predicted octanol–water partition coefficient (Wildman–Crippen LogP) is -53.6. The average Bonchev–Trinajstić information content (AvgIpc) is 2.65. The van der Waals surface area contributed by atoms with Gasteiger partial charge in [-0.3, -0.25) is 0 Å². The van der Waals surface area contributed by atoms with Crippen LogP contribution < -0.4 is 94.6 Å². The van der Waals surface area contributed by atoms with Gasteiger partial charge in [0, 0.05) is 0 Å². The van der Waals surface area contributed by atoms with Gasteiger partial charge in [-0.1, -0.05) is 0 Å². The molecule has 0 aliphatic heterocycles. The van der Waals surface area contributed by atoms with E-state index >= 15 is 0 Å². The fourth-order valence-electron chi connectivity index (χ4n) is 0. The van der Waals surface area contributed by atoms with Crippen LogP contribution in [0.4, 0.5) is 0 Å². The van der Waals surface area contributed by atoms with Gasteiger partial charge < -0.3 is 297 Å². The van der Waals surface area contributed by atoms with E-state index in [1.165, 1.54) is 0 Å². The molecule has 0 radical (unpaired) electrons. The molecule has 0 fully saturated rings. The first kappa shape index (κ1) is 136. The first-order chi connectivity index (χ1) is 30.0. The third-order valence-electron chi connectivity index (χ3n) is 0. The Balaban J connectivity index is -0.0000000286. The molecule has 0 aliphatic carbocycles. The van der Waals surface area contributed by atoms with Crippen LogP contribution in [0.3, 0.4) is 0 Å². The van der Waals surface area contributed by atoms with E-state index in [4.69, 9.17) is 288 Å². The van der Waals surface area contributed by atoms with Gasteiger partial charge in [-0.05, 0) is 0 Å². The summed E-state index contributed by atoms with van der Waals surface area (Å²) >= 11 is 0. The second-order valence-corrected chi connectivity index (χ2v) is 26.7. The SMILES string of the molecule is O[Si](O)(O)O.O[Si](O)(O)O.O[Si](O)(O)O.O[Si](O)(O)O.O[Si](O)(O)O.O[Si](O)(O)O.O[Si](O)(O)O.O[Si](O)(O)O.O[Si](O)(O)O.O[Si](O)(O)O.O[Si](O)(O)O.O[Si](O)(O)O.O[Si](O)(O)O.O[Si](O)(O)O.[Li+].[Li+].[Li+].[Li+].[O-][Si]([O-])([O-])[O-]. The van der Waals surface area contributed by atoms with Gasteiger partial charge in [-0.25, -0.2) is 0 Å². The Hall–Kier alpha value is 3.24. The summed E-state index contributed by atoms with van der Waals surface area (Å²) in [5.41, 5.74) is 0. The molecule has 0 aromatic heterocycles. The minimum absolute atomic E-state index is 0. The summed E-state index contributed by atoms with van der Waals surface area (Å²) in [6.45, 7) is 0. The molecule has 60 nitrogen and oxygen atoms in total. The summed E-state index contributed by atoms with van der Waals surface area (Å²) < 4.78 is 0. The van der Waals surface area contributed by atoms with Crippen molar-refractivity contribution >= 4 is 136 Å². The fourth-order valence-corrected chi connectivity index (χ4v) is 0. The van der Waals surface area contributed by atoms with Gasteiger partial charge in [-0.2, -0.15) is 0 Å². The summed E-state index contributed by atoms with van der Waals surface area (Å²) in [5.74, 6) is 0. The van der Waals surface area contributed by atoms with Crippen molar-refractivity contribution in [2.24, 2.45) is 0 Å². The van der Waals surface area contributed by atoms with Gasteiger partial charge in [0.1, 0.15) is 0 Å². The molecule has 0 amide bonds. The van der Waals surface area contributed by atoms with Crippen molar-refractivity contribution in [3.63, 3.8) is 0 Å². The van der Waals surface area contributed by atoms with Crippen LogP contribution >= 0.6 is 0 Å². The Kier molecular flexibility index (Phi) is 103. The molecule has 0 spiro atoms. The van der Waals surface area contributed by atoms with Crippen LogP contribution in [0.2, 0.25) is 0 Å². The van der Waals surface area contributed by atoms with E-state index in [9.17, 15) is 0 Å². The number of rotatable bonds is 0. The van der Waals surface area contributed by atoms with Crippen molar-refractivity contribution < 1.29 is 363 Å². The second kappa shape index (κ2) is 60.2. The third-order valence-corrected chi connectivity index (χ3v) is 0. The number of hydrogen-bond donors (Lipinski definition) is 56.